The molecule has 0 radical (unpaired) electrons. The van der Waals surface area contributed by atoms with Crippen LogP contribution in [0.5, 0.6) is 0 Å². The molecule has 2 nitrogen and oxygen atoms in total. The zero-order valence-corrected chi connectivity index (χ0v) is 15.3. The summed E-state index contributed by atoms with van der Waals surface area (Å²) in [5.41, 5.74) is 2.95. The van der Waals surface area contributed by atoms with Gasteiger partial charge in [0.1, 0.15) is 11.6 Å². The normalized spacial score (nSPS) is 11.3. The largest absolute Gasteiger partial charge is 0.324 e. The molecule has 0 aliphatic heterocycles. The van der Waals surface area contributed by atoms with Crippen molar-refractivity contribution in [2.24, 2.45) is 0 Å². The molecule has 0 bridgehead atoms. The Balaban J connectivity index is 2.21. The third-order valence-corrected chi connectivity index (χ3v) is 5.47. The van der Waals surface area contributed by atoms with E-state index in [9.17, 15) is 4.39 Å². The number of halogens is 3. The Morgan fingerprint density at radius 2 is 1.77 bits per heavy atom. The smallest absolute Gasteiger partial charge is 0.141 e. The van der Waals surface area contributed by atoms with Crippen LogP contribution in [0.25, 0.3) is 22.4 Å². The van der Waals surface area contributed by atoms with Gasteiger partial charge in [-0.15, -0.1) is 0 Å². The summed E-state index contributed by atoms with van der Waals surface area (Å²) in [6.45, 7) is 3.07. The standard InChI is InChI=1S/C17H15Br2FN2/c1-2-3-8-22-16-10-14(19)13(18)9-15(16)21-17(22)11-4-6-12(20)7-5-11/h4-7,9-10H,2-3,8H2,1H3. The molecule has 0 fully saturated rings. The summed E-state index contributed by atoms with van der Waals surface area (Å²) in [5, 5.41) is 0. The lowest BCUT2D eigenvalue weighted by Crippen LogP contribution is -2.00. The minimum atomic E-state index is -0.231. The molecule has 3 aromatic rings. The lowest BCUT2D eigenvalue weighted by atomic mass is 10.2. The van der Waals surface area contributed by atoms with E-state index in [0.717, 1.165) is 50.8 Å². The van der Waals surface area contributed by atoms with Gasteiger partial charge < -0.3 is 4.57 Å². The van der Waals surface area contributed by atoms with Crippen molar-refractivity contribution in [2.75, 3.05) is 0 Å². The van der Waals surface area contributed by atoms with E-state index in [1.807, 2.05) is 6.07 Å². The second kappa shape index (κ2) is 6.50. The van der Waals surface area contributed by atoms with Gasteiger partial charge in [0.15, 0.2) is 0 Å². The van der Waals surface area contributed by atoms with Gasteiger partial charge in [-0.25, -0.2) is 9.37 Å². The van der Waals surface area contributed by atoms with Gasteiger partial charge in [-0.05, 0) is 74.7 Å². The zero-order valence-electron chi connectivity index (χ0n) is 12.1. The van der Waals surface area contributed by atoms with E-state index in [2.05, 4.69) is 49.4 Å². The van der Waals surface area contributed by atoms with Crippen molar-refractivity contribution in [3.63, 3.8) is 0 Å². The van der Waals surface area contributed by atoms with E-state index in [0.29, 0.717) is 0 Å². The number of imidazole rings is 1. The highest BCUT2D eigenvalue weighted by atomic mass is 79.9. The molecule has 0 aliphatic carbocycles. The van der Waals surface area contributed by atoms with Crippen molar-refractivity contribution in [2.45, 2.75) is 26.3 Å². The number of unbranched alkanes of at least 4 members (excludes halogenated alkanes) is 1. The summed E-state index contributed by atoms with van der Waals surface area (Å²) in [6.07, 6.45) is 2.19. The summed E-state index contributed by atoms with van der Waals surface area (Å²) < 4.78 is 17.4. The van der Waals surface area contributed by atoms with Gasteiger partial charge >= 0.3 is 0 Å². The van der Waals surface area contributed by atoms with Crippen LogP contribution in [0.1, 0.15) is 19.8 Å². The number of hydrogen-bond donors (Lipinski definition) is 0. The van der Waals surface area contributed by atoms with Gasteiger partial charge in [0.2, 0.25) is 0 Å². The average molecular weight is 426 g/mol. The summed E-state index contributed by atoms with van der Waals surface area (Å²) in [7, 11) is 0. The first-order valence-corrected chi connectivity index (χ1v) is 8.80. The van der Waals surface area contributed by atoms with Gasteiger partial charge in [0.25, 0.3) is 0 Å². The SMILES string of the molecule is CCCCn1c(-c2ccc(F)cc2)nc2cc(Br)c(Br)cc21. The molecule has 1 aromatic heterocycles. The van der Waals surface area contributed by atoms with Gasteiger partial charge in [0.05, 0.1) is 11.0 Å². The highest BCUT2D eigenvalue weighted by molar-refractivity contribution is 9.13. The first-order valence-electron chi connectivity index (χ1n) is 7.21. The zero-order chi connectivity index (χ0) is 15.7. The van der Waals surface area contributed by atoms with E-state index in [-0.39, 0.29) is 5.82 Å². The summed E-state index contributed by atoms with van der Waals surface area (Å²) in [4.78, 5) is 4.76. The predicted octanol–water partition coefficient (Wildman–Crippen LogP) is 6.17. The number of fused-ring (bicyclic) bond motifs is 1. The van der Waals surface area contributed by atoms with Crippen molar-refractivity contribution in [3.8, 4) is 11.4 Å². The van der Waals surface area contributed by atoms with E-state index in [1.54, 1.807) is 12.1 Å². The quantitative estimate of drug-likeness (QED) is 0.488. The maximum absolute atomic E-state index is 13.2. The van der Waals surface area contributed by atoms with Gasteiger partial charge in [-0.2, -0.15) is 0 Å². The van der Waals surface area contributed by atoms with Crippen molar-refractivity contribution < 1.29 is 4.39 Å². The van der Waals surface area contributed by atoms with Crippen LogP contribution in [-0.2, 0) is 6.54 Å². The molecule has 0 atom stereocenters. The lowest BCUT2D eigenvalue weighted by molar-refractivity contribution is 0.627. The second-order valence-electron chi connectivity index (χ2n) is 5.20. The molecule has 0 saturated carbocycles. The number of hydrogen-bond acceptors (Lipinski definition) is 1. The molecular formula is C17H15Br2FN2. The molecule has 3 rings (SSSR count). The monoisotopic (exact) mass is 424 g/mol. The topological polar surface area (TPSA) is 17.8 Å². The molecule has 1 heterocycles. The molecule has 114 valence electrons. The molecule has 0 spiro atoms. The number of benzene rings is 2. The van der Waals surface area contributed by atoms with Crippen LogP contribution in [-0.4, -0.2) is 9.55 Å². The van der Waals surface area contributed by atoms with E-state index in [1.165, 1.54) is 12.1 Å². The second-order valence-corrected chi connectivity index (χ2v) is 6.91. The van der Waals surface area contributed by atoms with Crippen LogP contribution in [0.4, 0.5) is 4.39 Å². The van der Waals surface area contributed by atoms with E-state index < -0.39 is 0 Å². The highest BCUT2D eigenvalue weighted by Gasteiger charge is 2.14. The average Bonchev–Trinajstić information content (AvgIpc) is 2.84. The van der Waals surface area contributed by atoms with Crippen LogP contribution in [0.2, 0.25) is 0 Å². The molecular weight excluding hydrogens is 411 g/mol. The Morgan fingerprint density at radius 1 is 1.09 bits per heavy atom. The van der Waals surface area contributed by atoms with Crippen molar-refractivity contribution in [1.82, 2.24) is 9.55 Å². The predicted molar refractivity (Wildman–Crippen MR) is 95.4 cm³/mol. The lowest BCUT2D eigenvalue weighted by Gasteiger charge is -2.09. The fourth-order valence-electron chi connectivity index (χ4n) is 2.48. The molecule has 5 heteroatoms. The molecule has 22 heavy (non-hydrogen) atoms. The maximum Gasteiger partial charge on any atom is 0.141 e. The summed E-state index contributed by atoms with van der Waals surface area (Å²) >= 11 is 7.08. The van der Waals surface area contributed by atoms with Gasteiger partial charge in [0, 0.05) is 21.1 Å². The third kappa shape index (κ3) is 2.97. The fraction of sp³-hybridized carbons (Fsp3) is 0.235. The van der Waals surface area contributed by atoms with E-state index in [4.69, 9.17) is 4.98 Å². The number of aromatic nitrogens is 2. The molecule has 0 saturated heterocycles. The summed E-state index contributed by atoms with van der Waals surface area (Å²) in [5.74, 6) is 0.652. The Labute approximate surface area is 145 Å². The van der Waals surface area contributed by atoms with Gasteiger partial charge in [-0.3, -0.25) is 0 Å². The van der Waals surface area contributed by atoms with E-state index >= 15 is 0 Å². The minimum Gasteiger partial charge on any atom is -0.324 e. The first kappa shape index (κ1) is 15.7. The Hall–Kier alpha value is -1.20. The molecule has 0 aliphatic rings. The maximum atomic E-state index is 13.2. The highest BCUT2D eigenvalue weighted by Crippen LogP contribution is 2.32. The Morgan fingerprint density at radius 3 is 2.45 bits per heavy atom. The molecule has 2 aromatic carbocycles. The Bertz CT molecular complexity index is 810. The molecule has 0 unspecified atom stereocenters. The fourth-order valence-corrected chi connectivity index (χ4v) is 3.14. The number of nitrogens with zero attached hydrogens (tertiary/aromatic N) is 2. The molecule has 0 N–H and O–H groups in total. The first-order chi connectivity index (χ1) is 10.6. The number of aryl methyl sites for hydroxylation is 1. The van der Waals surface area contributed by atoms with Crippen LogP contribution in [0.15, 0.2) is 45.3 Å². The van der Waals surface area contributed by atoms with Crippen LogP contribution < -0.4 is 0 Å². The third-order valence-electron chi connectivity index (χ3n) is 3.63. The van der Waals surface area contributed by atoms with Crippen molar-refractivity contribution in [1.29, 1.82) is 0 Å². The van der Waals surface area contributed by atoms with Gasteiger partial charge in [-0.1, -0.05) is 13.3 Å². The van der Waals surface area contributed by atoms with Crippen LogP contribution in [0.3, 0.4) is 0 Å². The molecule has 0 amide bonds. The number of rotatable bonds is 4. The summed E-state index contributed by atoms with van der Waals surface area (Å²) in [6, 6.07) is 10.6. The minimum absolute atomic E-state index is 0.231. The van der Waals surface area contributed by atoms with Crippen molar-refractivity contribution >= 4 is 42.9 Å². The van der Waals surface area contributed by atoms with Crippen molar-refractivity contribution in [3.05, 3.63) is 51.2 Å². The Kier molecular flexibility index (Phi) is 4.64. The van der Waals surface area contributed by atoms with Crippen LogP contribution >= 0.6 is 31.9 Å². The van der Waals surface area contributed by atoms with Crippen LogP contribution in [0, 0.1) is 5.82 Å².